The maximum atomic E-state index is 2.37. The van der Waals surface area contributed by atoms with Gasteiger partial charge in [-0.05, 0) is 11.8 Å². The van der Waals surface area contributed by atoms with Gasteiger partial charge in [0.15, 0.2) is 0 Å². The highest BCUT2D eigenvalue weighted by Gasteiger charge is 2.13. The first-order valence-electron chi connectivity index (χ1n) is 7.12. The highest BCUT2D eigenvalue weighted by molar-refractivity contribution is 4.65. The first-order chi connectivity index (χ1) is 7.12. The third-order valence-electron chi connectivity index (χ3n) is 2.80. The van der Waals surface area contributed by atoms with Crippen LogP contribution in [0.1, 0.15) is 93.9 Å². The monoisotopic (exact) mass is 230 g/mol. The molecule has 102 valence electrons. The first kappa shape index (κ1) is 21.3. The van der Waals surface area contributed by atoms with Gasteiger partial charge in [-0.1, -0.05) is 93.9 Å². The second kappa shape index (κ2) is 17.4. The smallest absolute Gasteiger partial charge is 0.0443 e. The fourth-order valence-electron chi connectivity index (χ4n) is 1.43. The predicted molar refractivity (Wildman–Crippen MR) is 80.1 cm³/mol. The van der Waals surface area contributed by atoms with Crippen LogP contribution in [-0.4, -0.2) is 0 Å². The van der Waals surface area contributed by atoms with Crippen molar-refractivity contribution in [3.05, 3.63) is 0 Å². The molecule has 0 heteroatoms. The van der Waals surface area contributed by atoms with Crippen molar-refractivity contribution in [2.75, 3.05) is 0 Å². The summed E-state index contributed by atoms with van der Waals surface area (Å²) in [5, 5.41) is 0. The zero-order valence-corrected chi connectivity index (χ0v) is 12.1. The van der Waals surface area contributed by atoms with E-state index in [0.717, 1.165) is 11.8 Å². The van der Waals surface area contributed by atoms with E-state index in [4.69, 9.17) is 0 Å². The lowest BCUT2D eigenvalue weighted by atomic mass is 9.84. The summed E-state index contributed by atoms with van der Waals surface area (Å²) >= 11 is 0. The highest BCUT2D eigenvalue weighted by atomic mass is 14.2. The average Bonchev–Trinajstić information content (AvgIpc) is 2.24. The van der Waals surface area contributed by atoms with E-state index in [9.17, 15) is 0 Å². The van der Waals surface area contributed by atoms with Crippen molar-refractivity contribution in [1.82, 2.24) is 0 Å². The normalized spacial score (nSPS) is 22.9. The van der Waals surface area contributed by atoms with Crippen LogP contribution in [-0.2, 0) is 0 Å². The molecule has 0 aromatic carbocycles. The van der Waals surface area contributed by atoms with Crippen LogP contribution in [0, 0.1) is 11.8 Å². The molecule has 0 aliphatic heterocycles. The van der Waals surface area contributed by atoms with Gasteiger partial charge in [0.05, 0.1) is 0 Å². The Labute approximate surface area is 106 Å². The summed E-state index contributed by atoms with van der Waals surface area (Å²) in [7, 11) is 0. The van der Waals surface area contributed by atoms with Gasteiger partial charge < -0.3 is 0 Å². The topological polar surface area (TPSA) is 0 Å². The van der Waals surface area contributed by atoms with E-state index in [1.807, 2.05) is 0 Å². The molecule has 0 radical (unpaired) electrons. The molecule has 0 N–H and O–H groups in total. The molecule has 1 aliphatic carbocycles. The van der Waals surface area contributed by atoms with Crippen LogP contribution in [0.4, 0.5) is 0 Å². The first-order valence-corrected chi connectivity index (χ1v) is 7.12. The van der Waals surface area contributed by atoms with Crippen molar-refractivity contribution < 1.29 is 0 Å². The van der Waals surface area contributed by atoms with Gasteiger partial charge in [0.2, 0.25) is 0 Å². The zero-order chi connectivity index (χ0) is 12.1. The molecule has 0 saturated heterocycles. The Hall–Kier alpha value is 0. The van der Waals surface area contributed by atoms with Crippen molar-refractivity contribution in [1.29, 1.82) is 0 Å². The van der Waals surface area contributed by atoms with E-state index in [0.29, 0.717) is 0 Å². The van der Waals surface area contributed by atoms with Crippen LogP contribution in [0.15, 0.2) is 0 Å². The predicted octanol–water partition coefficient (Wildman–Crippen LogP) is 6.69. The molecule has 16 heavy (non-hydrogen) atoms. The van der Waals surface area contributed by atoms with Crippen molar-refractivity contribution in [3.8, 4) is 0 Å². The summed E-state index contributed by atoms with van der Waals surface area (Å²) in [4.78, 5) is 0. The van der Waals surface area contributed by atoms with Crippen molar-refractivity contribution in [3.63, 3.8) is 0 Å². The molecule has 1 fully saturated rings. The summed E-state index contributed by atoms with van der Waals surface area (Å²) in [5.41, 5.74) is 0. The van der Waals surface area contributed by atoms with E-state index in [1.165, 1.54) is 44.9 Å². The standard InChI is InChI=1S/C8H16.C4H10.C3H8.CH4/c1-7-3-5-8(2)6-4-7;1-3-4-2;1-3-2;/h7-8H,3-6H2,1-2H3;3-4H2,1-2H3;3H2,1-2H3;1H4. The number of rotatable bonds is 1. The number of hydrogen-bond acceptors (Lipinski definition) is 0. The molecule has 1 rings (SSSR count). The molecule has 0 amide bonds. The Bertz CT molecular complexity index is 76.2. The van der Waals surface area contributed by atoms with Gasteiger partial charge in [-0.2, -0.15) is 0 Å². The van der Waals surface area contributed by atoms with Gasteiger partial charge in [0.25, 0.3) is 0 Å². The minimum absolute atomic E-state index is 0. The van der Waals surface area contributed by atoms with Crippen LogP contribution in [0.25, 0.3) is 0 Å². The number of hydrogen-bond donors (Lipinski definition) is 0. The van der Waals surface area contributed by atoms with Crippen LogP contribution in [0.2, 0.25) is 0 Å². The Kier molecular flexibility index (Phi) is 23.2. The van der Waals surface area contributed by atoms with Gasteiger partial charge in [0, 0.05) is 0 Å². The largest absolute Gasteiger partial charge is 0.0776 e. The molecule has 0 bridgehead atoms. The summed E-state index contributed by atoms with van der Waals surface area (Å²) in [6, 6.07) is 0. The zero-order valence-electron chi connectivity index (χ0n) is 12.1. The van der Waals surface area contributed by atoms with E-state index in [1.54, 1.807) is 0 Å². The summed E-state index contributed by atoms with van der Waals surface area (Å²) in [5.74, 6) is 2.04. The fourth-order valence-corrected chi connectivity index (χ4v) is 1.43. The Morgan fingerprint density at radius 1 is 0.688 bits per heavy atom. The van der Waals surface area contributed by atoms with Crippen LogP contribution < -0.4 is 0 Å². The number of unbranched alkanes of at least 4 members (excludes halogenated alkanes) is 1. The molecular weight excluding hydrogens is 192 g/mol. The molecule has 0 spiro atoms. The highest BCUT2D eigenvalue weighted by Crippen LogP contribution is 2.27. The maximum Gasteiger partial charge on any atom is -0.0443 e. The molecule has 0 aromatic heterocycles. The minimum atomic E-state index is 0. The lowest BCUT2D eigenvalue weighted by molar-refractivity contribution is 0.308. The third-order valence-corrected chi connectivity index (χ3v) is 2.80. The van der Waals surface area contributed by atoms with Crippen LogP contribution in [0.3, 0.4) is 0 Å². The minimum Gasteiger partial charge on any atom is -0.0776 e. The van der Waals surface area contributed by atoms with Crippen molar-refractivity contribution >= 4 is 0 Å². The van der Waals surface area contributed by atoms with E-state index >= 15 is 0 Å². The Morgan fingerprint density at radius 3 is 1.00 bits per heavy atom. The SMILES string of the molecule is C.CC1CCC(C)CC1.CCC.CCCC. The van der Waals surface area contributed by atoms with E-state index in [-0.39, 0.29) is 7.43 Å². The molecule has 0 nitrogen and oxygen atoms in total. The van der Waals surface area contributed by atoms with Gasteiger partial charge >= 0.3 is 0 Å². The summed E-state index contributed by atoms with van der Waals surface area (Å²) in [6.07, 6.45) is 9.78. The Morgan fingerprint density at radius 2 is 0.875 bits per heavy atom. The van der Waals surface area contributed by atoms with E-state index < -0.39 is 0 Å². The molecule has 1 aliphatic rings. The molecule has 0 unspecified atom stereocenters. The fraction of sp³-hybridized carbons (Fsp3) is 1.00. The van der Waals surface area contributed by atoms with Crippen molar-refractivity contribution in [2.24, 2.45) is 11.8 Å². The molecule has 1 saturated carbocycles. The molecule has 0 atom stereocenters. The van der Waals surface area contributed by atoms with Crippen LogP contribution >= 0.6 is 0 Å². The molecule has 0 aromatic rings. The van der Waals surface area contributed by atoms with Crippen LogP contribution in [0.5, 0.6) is 0 Å². The second-order valence-corrected chi connectivity index (χ2v) is 5.07. The van der Waals surface area contributed by atoms with Crippen molar-refractivity contribution in [2.45, 2.75) is 93.9 Å². The van der Waals surface area contributed by atoms with Gasteiger partial charge in [-0.25, -0.2) is 0 Å². The third kappa shape index (κ3) is 19.6. The average molecular weight is 230 g/mol. The summed E-state index contributed by atoms with van der Waals surface area (Å²) in [6.45, 7) is 13.3. The quantitative estimate of drug-likeness (QED) is 0.470. The second-order valence-electron chi connectivity index (χ2n) is 5.07. The molecule has 0 heterocycles. The van der Waals surface area contributed by atoms with E-state index in [2.05, 4.69) is 41.5 Å². The Balaban J connectivity index is -0.000000182. The maximum absolute atomic E-state index is 2.37. The van der Waals surface area contributed by atoms with Gasteiger partial charge in [-0.3, -0.25) is 0 Å². The molecular formula is C16H38. The lowest BCUT2D eigenvalue weighted by Crippen LogP contribution is -2.08. The lowest BCUT2D eigenvalue weighted by Gasteiger charge is -2.22. The van der Waals surface area contributed by atoms with Gasteiger partial charge in [-0.15, -0.1) is 0 Å². The van der Waals surface area contributed by atoms with Gasteiger partial charge in [0.1, 0.15) is 0 Å². The summed E-state index contributed by atoms with van der Waals surface area (Å²) < 4.78 is 0.